The Morgan fingerprint density at radius 1 is 0.500 bits per heavy atom. The molecule has 18 nitrogen and oxygen atoms in total. The Labute approximate surface area is 302 Å². The van der Waals surface area contributed by atoms with E-state index in [0.29, 0.717) is 0 Å². The predicted molar refractivity (Wildman–Crippen MR) is 167 cm³/mol. The van der Waals surface area contributed by atoms with Crippen LogP contribution in [-0.4, -0.2) is 72.1 Å². The molecule has 267 valence electrons. The van der Waals surface area contributed by atoms with Crippen LogP contribution in [0.4, 0.5) is 0 Å². The maximum atomic E-state index is 13.5. The predicted octanol–water partition coefficient (Wildman–Crippen LogP) is 1.31. The number of carbonyl (C=O) groups excluding carboxylic acids is 7. The zero-order valence-corrected chi connectivity index (χ0v) is 28.3. The number of aromatic carboxylic acids is 1. The van der Waals surface area contributed by atoms with Gasteiger partial charge in [-0.25, -0.2) is 24.4 Å². The molecular formula is C33H23MnN4O14-. The second-order valence-electron chi connectivity index (χ2n) is 10.2. The molecule has 1 radical (unpaired) electrons. The third kappa shape index (κ3) is 8.58. The van der Waals surface area contributed by atoms with E-state index < -0.39 is 67.7 Å². The molecule has 5 heterocycles. The van der Waals surface area contributed by atoms with Gasteiger partial charge < -0.3 is 48.3 Å². The number of hydrogen-bond donors (Lipinski definition) is 0. The molecule has 52 heavy (non-hydrogen) atoms. The molecule has 3 aromatic heterocycles. The third-order valence-electron chi connectivity index (χ3n) is 6.78. The number of fused-ring (bicyclic) bond motifs is 8. The normalized spacial score (nSPS) is 11.1. The Balaban J connectivity index is 0.00000605. The summed E-state index contributed by atoms with van der Waals surface area (Å²) in [5.41, 5.74) is -2.71. The number of hydrogen-bond acceptors (Lipinski definition) is 16. The molecule has 0 aromatic carbocycles. The van der Waals surface area contributed by atoms with Crippen LogP contribution < -0.4 is 15.1 Å². The van der Waals surface area contributed by atoms with Gasteiger partial charge in [-0.15, -0.1) is 22.1 Å². The number of esters is 6. The van der Waals surface area contributed by atoms with Crippen molar-refractivity contribution < 1.29 is 84.2 Å². The third-order valence-corrected chi connectivity index (χ3v) is 6.78. The summed E-state index contributed by atoms with van der Waals surface area (Å²) in [5.74, 6) is -7.20. The topological polar surface area (TPSA) is 252 Å². The van der Waals surface area contributed by atoms with Crippen molar-refractivity contribution >= 4 is 88.2 Å². The van der Waals surface area contributed by atoms with Crippen molar-refractivity contribution in [3.05, 3.63) is 69.3 Å². The Hall–Kier alpha value is -6.59. The van der Waals surface area contributed by atoms with Crippen LogP contribution in [0.2, 0.25) is 0 Å². The van der Waals surface area contributed by atoms with Crippen molar-refractivity contribution in [3.63, 3.8) is 0 Å². The Kier molecular flexibility index (Phi) is 12.1. The number of carboxylic acids is 1. The molecule has 2 aliphatic rings. The SMILES string of the molecule is CC(=O)OCOC(=O)c1c2nc(c(C(=O)OCOC(C)=O)c3ccc([n-]3)c(C(=O)OCOC(C)=O)c3nc(c(C(=O)[O-])c4ccc1[n-]4)C=C3)C=C2.[Mn+2]. The molecule has 0 saturated carbocycles. The van der Waals surface area contributed by atoms with E-state index in [1.54, 1.807) is 0 Å². The number of rotatable bonds is 10. The number of ether oxygens (including phenoxy) is 6. The molecule has 0 N–H and O–H groups in total. The van der Waals surface area contributed by atoms with E-state index >= 15 is 0 Å². The van der Waals surface area contributed by atoms with E-state index in [2.05, 4.69) is 19.9 Å². The number of nitrogens with zero attached hydrogens (tertiary/aromatic N) is 4. The fourth-order valence-corrected chi connectivity index (χ4v) is 4.64. The summed E-state index contributed by atoms with van der Waals surface area (Å²) in [4.78, 5) is 104. The van der Waals surface area contributed by atoms with E-state index in [4.69, 9.17) is 28.4 Å². The molecule has 0 fully saturated rings. The van der Waals surface area contributed by atoms with Gasteiger partial charge in [0.2, 0.25) is 20.4 Å². The molecule has 0 amide bonds. The summed E-state index contributed by atoms with van der Waals surface area (Å²) in [6.07, 6.45) is 5.16. The number of carbonyl (C=O) groups is 7. The molecule has 8 bridgehead atoms. The summed E-state index contributed by atoms with van der Waals surface area (Å²) in [5, 5.41) is 12.4. The monoisotopic (exact) mass is 754 g/mol. The van der Waals surface area contributed by atoms with Gasteiger partial charge in [-0.05, 0) is 24.3 Å². The Morgan fingerprint density at radius 3 is 1.04 bits per heavy atom. The average molecular weight is 754 g/mol. The fraction of sp³-hybridized carbons (Fsp3) is 0.182. The quantitative estimate of drug-likeness (QED) is 0.0843. The second-order valence-corrected chi connectivity index (χ2v) is 10.2. The van der Waals surface area contributed by atoms with Gasteiger partial charge in [0.05, 0.1) is 45.4 Å². The van der Waals surface area contributed by atoms with Crippen molar-refractivity contribution in [2.45, 2.75) is 20.8 Å². The summed E-state index contributed by atoms with van der Waals surface area (Å²) in [6, 6.07) is 5.16. The molecule has 0 aliphatic carbocycles. The standard InChI is InChI=1S/C33H26N4O14.Mn/c1-15(38)46-12-49-31(43)27-20-6-4-18(34-20)26(30(41)42)19-5-7-21(35-19)28(32(44)50-13-47-16(2)39)23-9-11-25(37-23)29(24-10-8-22(27)36-24)33(45)51-14-48-17(3)40;/h4-11H,12-14H2,1-3H3,(H3,34,35,36,37,41,42,43,44,45);/q;+2/p-3. The van der Waals surface area contributed by atoms with Gasteiger partial charge >= 0.3 is 52.9 Å². The summed E-state index contributed by atoms with van der Waals surface area (Å²) in [6.45, 7) is 0.943. The minimum atomic E-state index is -1.71. The zero-order valence-electron chi connectivity index (χ0n) is 27.1. The fourth-order valence-electron chi connectivity index (χ4n) is 4.64. The molecule has 0 unspecified atom stereocenters. The largest absolute Gasteiger partial charge is 2.00 e. The van der Waals surface area contributed by atoms with E-state index in [1.807, 2.05) is 0 Å². The smallest absolute Gasteiger partial charge is 0.656 e. The van der Waals surface area contributed by atoms with Crippen LogP contribution in [0.1, 0.15) is 85.0 Å². The van der Waals surface area contributed by atoms with Crippen molar-refractivity contribution in [1.82, 2.24) is 19.9 Å². The van der Waals surface area contributed by atoms with Crippen molar-refractivity contribution in [3.8, 4) is 0 Å². The molecular weight excluding hydrogens is 731 g/mol. The first-order chi connectivity index (χ1) is 24.3. The van der Waals surface area contributed by atoms with E-state index in [-0.39, 0.29) is 78.6 Å². The molecule has 2 aliphatic heterocycles. The minimum Gasteiger partial charge on any atom is -0.656 e. The maximum absolute atomic E-state index is 13.5. The number of carboxylic acid groups (broad SMARTS) is 1. The Morgan fingerprint density at radius 2 is 0.769 bits per heavy atom. The van der Waals surface area contributed by atoms with Gasteiger partial charge in [0, 0.05) is 26.3 Å². The summed E-state index contributed by atoms with van der Waals surface area (Å²) >= 11 is 0. The first-order valence-corrected chi connectivity index (χ1v) is 14.5. The van der Waals surface area contributed by atoms with Crippen molar-refractivity contribution in [2.24, 2.45) is 0 Å². The van der Waals surface area contributed by atoms with Crippen LogP contribution in [0.15, 0.2) is 24.3 Å². The first kappa shape index (κ1) is 38.2. The van der Waals surface area contributed by atoms with E-state index in [9.17, 15) is 38.7 Å². The molecule has 5 rings (SSSR count). The molecule has 0 saturated heterocycles. The van der Waals surface area contributed by atoms with Gasteiger partial charge in [-0.2, -0.15) is 0 Å². The van der Waals surface area contributed by atoms with Gasteiger partial charge in [-0.1, -0.05) is 24.3 Å². The van der Waals surface area contributed by atoms with Gasteiger partial charge in [0.25, 0.3) is 0 Å². The molecule has 0 atom stereocenters. The van der Waals surface area contributed by atoms with E-state index in [0.717, 1.165) is 20.8 Å². The molecule has 3 aromatic rings. The minimum absolute atomic E-state index is 0. The second kappa shape index (κ2) is 16.4. The van der Waals surface area contributed by atoms with Crippen molar-refractivity contribution in [1.29, 1.82) is 0 Å². The van der Waals surface area contributed by atoms with Crippen LogP contribution in [0, 0.1) is 0 Å². The number of aromatic nitrogens is 4. The van der Waals surface area contributed by atoms with E-state index in [1.165, 1.54) is 48.6 Å². The first-order valence-electron chi connectivity index (χ1n) is 14.5. The van der Waals surface area contributed by atoms with Gasteiger partial charge in [0.15, 0.2) is 0 Å². The van der Waals surface area contributed by atoms with Crippen LogP contribution in [0.3, 0.4) is 0 Å². The van der Waals surface area contributed by atoms with Crippen LogP contribution >= 0.6 is 0 Å². The zero-order chi connectivity index (χ0) is 36.8. The molecule has 19 heteroatoms. The van der Waals surface area contributed by atoms with Crippen LogP contribution in [0.25, 0.3) is 46.4 Å². The van der Waals surface area contributed by atoms with Crippen molar-refractivity contribution in [2.75, 3.05) is 20.4 Å². The summed E-state index contributed by atoms with van der Waals surface area (Å²) in [7, 11) is 0. The Bertz CT molecular complexity index is 2200. The van der Waals surface area contributed by atoms with Crippen LogP contribution in [0.5, 0.6) is 0 Å². The van der Waals surface area contributed by atoms with Gasteiger partial charge in [-0.3, -0.25) is 14.4 Å². The van der Waals surface area contributed by atoms with Crippen LogP contribution in [-0.2, 0) is 59.9 Å². The maximum Gasteiger partial charge on any atom is 2.00 e. The average Bonchev–Trinajstić information content (AvgIpc) is 3.87. The van der Waals surface area contributed by atoms with Gasteiger partial charge in [0.1, 0.15) is 0 Å². The summed E-state index contributed by atoms with van der Waals surface area (Å²) < 4.78 is 29.5. The molecule has 0 spiro atoms.